The summed E-state index contributed by atoms with van der Waals surface area (Å²) in [6, 6.07) is 5.71. The Morgan fingerprint density at radius 2 is 2.05 bits per heavy atom. The molecule has 1 heterocycles. The highest BCUT2D eigenvalue weighted by Crippen LogP contribution is 2.33. The zero-order chi connectivity index (χ0) is 15.1. The number of ether oxygens (including phenoxy) is 3. The van der Waals surface area contributed by atoms with Crippen molar-refractivity contribution in [2.24, 2.45) is 0 Å². The maximum absolute atomic E-state index is 5.40. The van der Waals surface area contributed by atoms with E-state index >= 15 is 0 Å². The molecule has 114 valence electrons. The Morgan fingerprint density at radius 3 is 2.76 bits per heavy atom. The predicted octanol–water partition coefficient (Wildman–Crippen LogP) is 2.56. The number of hydrogen-bond donors (Lipinski definition) is 1. The topological polar surface area (TPSA) is 52.6 Å². The average Bonchev–Trinajstić information content (AvgIpc) is 2.99. The third kappa shape index (κ3) is 4.17. The maximum Gasteiger partial charge on any atom is 0.128 e. The molecule has 1 N–H and O–H groups in total. The van der Waals surface area contributed by atoms with Crippen LogP contribution in [0.25, 0.3) is 11.3 Å². The monoisotopic (exact) mass is 308 g/mol. The van der Waals surface area contributed by atoms with Gasteiger partial charge in [-0.15, -0.1) is 11.3 Å². The van der Waals surface area contributed by atoms with Gasteiger partial charge in [0.15, 0.2) is 0 Å². The molecule has 0 aliphatic rings. The molecule has 0 fully saturated rings. The molecule has 0 amide bonds. The van der Waals surface area contributed by atoms with Crippen LogP contribution in [0.4, 0.5) is 0 Å². The fourth-order valence-corrected chi connectivity index (χ4v) is 2.66. The minimum atomic E-state index is 0.696. The molecule has 0 bridgehead atoms. The Bertz CT molecular complexity index is 572. The molecule has 0 saturated carbocycles. The number of methoxy groups -OCH3 is 3. The molecule has 0 spiro atoms. The van der Waals surface area contributed by atoms with Gasteiger partial charge in [-0.25, -0.2) is 4.98 Å². The fraction of sp³-hybridized carbons (Fsp3) is 0.400. The molecule has 0 aliphatic heterocycles. The van der Waals surface area contributed by atoms with Crippen LogP contribution >= 0.6 is 11.3 Å². The Balaban J connectivity index is 2.13. The molecule has 0 aliphatic carbocycles. The summed E-state index contributed by atoms with van der Waals surface area (Å²) >= 11 is 1.62. The molecule has 0 atom stereocenters. The summed E-state index contributed by atoms with van der Waals surface area (Å²) < 4.78 is 15.7. The van der Waals surface area contributed by atoms with Crippen LogP contribution in [0, 0.1) is 0 Å². The number of benzene rings is 1. The van der Waals surface area contributed by atoms with Gasteiger partial charge in [0.25, 0.3) is 0 Å². The summed E-state index contributed by atoms with van der Waals surface area (Å²) in [5.74, 6) is 1.58. The first-order valence-corrected chi connectivity index (χ1v) is 7.53. The Hall–Kier alpha value is -1.63. The van der Waals surface area contributed by atoms with Crippen molar-refractivity contribution in [1.29, 1.82) is 0 Å². The Kier molecular flexibility index (Phi) is 5.98. The molecular formula is C15H20N2O3S. The Labute approximate surface area is 128 Å². The number of rotatable bonds is 8. The van der Waals surface area contributed by atoms with Crippen molar-refractivity contribution >= 4 is 11.3 Å². The third-order valence-corrected chi connectivity index (χ3v) is 3.84. The molecule has 0 saturated heterocycles. The highest BCUT2D eigenvalue weighted by atomic mass is 32.1. The standard InChI is InChI=1S/C15H20N2O3S/c1-18-7-6-16-9-15-17-13(10-21-15)12-8-11(19-2)4-5-14(12)20-3/h4-5,8,10,16H,6-7,9H2,1-3H3. The van der Waals surface area contributed by atoms with E-state index in [9.17, 15) is 0 Å². The molecule has 0 unspecified atom stereocenters. The van der Waals surface area contributed by atoms with Crippen LogP contribution in [0.5, 0.6) is 11.5 Å². The van der Waals surface area contributed by atoms with Crippen LogP contribution in [-0.2, 0) is 11.3 Å². The van der Waals surface area contributed by atoms with Gasteiger partial charge in [-0.05, 0) is 18.2 Å². The van der Waals surface area contributed by atoms with Gasteiger partial charge in [0.1, 0.15) is 16.5 Å². The van der Waals surface area contributed by atoms with Crippen molar-refractivity contribution in [3.63, 3.8) is 0 Å². The smallest absolute Gasteiger partial charge is 0.128 e. The molecule has 2 rings (SSSR count). The van der Waals surface area contributed by atoms with Crippen LogP contribution in [0.15, 0.2) is 23.6 Å². The van der Waals surface area contributed by atoms with Gasteiger partial charge < -0.3 is 19.5 Å². The fourth-order valence-electron chi connectivity index (χ4n) is 1.90. The number of thiazole rings is 1. The van der Waals surface area contributed by atoms with Crippen molar-refractivity contribution in [2.75, 3.05) is 34.5 Å². The van der Waals surface area contributed by atoms with Gasteiger partial charge in [-0.3, -0.25) is 0 Å². The lowest BCUT2D eigenvalue weighted by Gasteiger charge is -2.08. The molecule has 2 aromatic rings. The summed E-state index contributed by atoms with van der Waals surface area (Å²) in [6.07, 6.45) is 0. The molecule has 1 aromatic heterocycles. The predicted molar refractivity (Wildman–Crippen MR) is 84.2 cm³/mol. The molecule has 5 nitrogen and oxygen atoms in total. The zero-order valence-electron chi connectivity index (χ0n) is 12.5. The van der Waals surface area contributed by atoms with Crippen molar-refractivity contribution in [3.05, 3.63) is 28.6 Å². The van der Waals surface area contributed by atoms with Crippen LogP contribution in [0.1, 0.15) is 5.01 Å². The lowest BCUT2D eigenvalue weighted by Crippen LogP contribution is -2.18. The van der Waals surface area contributed by atoms with Gasteiger partial charge in [0.2, 0.25) is 0 Å². The van der Waals surface area contributed by atoms with E-state index in [2.05, 4.69) is 10.3 Å². The van der Waals surface area contributed by atoms with E-state index in [4.69, 9.17) is 14.2 Å². The lowest BCUT2D eigenvalue weighted by molar-refractivity contribution is 0.199. The van der Waals surface area contributed by atoms with Gasteiger partial charge in [0, 0.05) is 31.1 Å². The van der Waals surface area contributed by atoms with E-state index in [1.165, 1.54) is 0 Å². The SMILES string of the molecule is COCCNCc1nc(-c2cc(OC)ccc2OC)cs1. The lowest BCUT2D eigenvalue weighted by atomic mass is 10.1. The normalized spacial score (nSPS) is 10.6. The van der Waals surface area contributed by atoms with Crippen LogP contribution in [0.2, 0.25) is 0 Å². The van der Waals surface area contributed by atoms with Crippen molar-refractivity contribution in [2.45, 2.75) is 6.54 Å². The van der Waals surface area contributed by atoms with E-state index in [1.807, 2.05) is 23.6 Å². The second-order valence-corrected chi connectivity index (χ2v) is 5.30. The van der Waals surface area contributed by atoms with Crippen molar-refractivity contribution in [3.8, 4) is 22.8 Å². The van der Waals surface area contributed by atoms with Crippen molar-refractivity contribution in [1.82, 2.24) is 10.3 Å². The number of aromatic nitrogens is 1. The molecule has 1 aromatic carbocycles. The quantitative estimate of drug-likeness (QED) is 0.760. The summed E-state index contributed by atoms with van der Waals surface area (Å²) in [6.45, 7) is 2.25. The summed E-state index contributed by atoms with van der Waals surface area (Å²) in [7, 11) is 5.00. The van der Waals surface area contributed by atoms with Crippen LogP contribution < -0.4 is 14.8 Å². The van der Waals surface area contributed by atoms with Gasteiger partial charge in [0.05, 0.1) is 26.5 Å². The second-order valence-electron chi connectivity index (χ2n) is 4.36. The van der Waals surface area contributed by atoms with Crippen LogP contribution in [-0.4, -0.2) is 39.5 Å². The first kappa shape index (κ1) is 15.8. The molecule has 21 heavy (non-hydrogen) atoms. The first-order valence-electron chi connectivity index (χ1n) is 6.65. The van der Waals surface area contributed by atoms with Gasteiger partial charge in [-0.2, -0.15) is 0 Å². The van der Waals surface area contributed by atoms with E-state index in [0.29, 0.717) is 6.61 Å². The zero-order valence-corrected chi connectivity index (χ0v) is 13.3. The minimum absolute atomic E-state index is 0.696. The highest BCUT2D eigenvalue weighted by molar-refractivity contribution is 7.09. The maximum atomic E-state index is 5.40. The average molecular weight is 308 g/mol. The molecule has 0 radical (unpaired) electrons. The van der Waals surface area contributed by atoms with Crippen LogP contribution in [0.3, 0.4) is 0 Å². The van der Waals surface area contributed by atoms with E-state index in [1.54, 1.807) is 32.7 Å². The summed E-state index contributed by atoms with van der Waals surface area (Å²) in [5, 5.41) is 6.35. The number of hydrogen-bond acceptors (Lipinski definition) is 6. The van der Waals surface area contributed by atoms with E-state index < -0.39 is 0 Å². The highest BCUT2D eigenvalue weighted by Gasteiger charge is 2.11. The second kappa shape index (κ2) is 7.97. The van der Waals surface area contributed by atoms with Gasteiger partial charge >= 0.3 is 0 Å². The van der Waals surface area contributed by atoms with E-state index in [-0.39, 0.29) is 0 Å². The number of nitrogens with one attached hydrogen (secondary N) is 1. The molecular weight excluding hydrogens is 288 g/mol. The minimum Gasteiger partial charge on any atom is -0.497 e. The Morgan fingerprint density at radius 1 is 1.19 bits per heavy atom. The third-order valence-electron chi connectivity index (χ3n) is 2.99. The number of nitrogens with zero attached hydrogens (tertiary/aromatic N) is 1. The first-order chi connectivity index (χ1) is 10.3. The van der Waals surface area contributed by atoms with Crippen molar-refractivity contribution < 1.29 is 14.2 Å². The molecule has 6 heteroatoms. The van der Waals surface area contributed by atoms with E-state index in [0.717, 1.165) is 40.9 Å². The summed E-state index contributed by atoms with van der Waals surface area (Å²) in [5.41, 5.74) is 1.84. The largest absolute Gasteiger partial charge is 0.497 e. The van der Waals surface area contributed by atoms with Gasteiger partial charge in [-0.1, -0.05) is 0 Å². The summed E-state index contributed by atoms with van der Waals surface area (Å²) in [4.78, 5) is 4.64.